The standard InChI is InChI=1S/C13H20N2O2S/c1-13(2)8-10(13)9-15-11-6-4-5-7-12(11)18(16,17)14-3/h4-7,10,14-15H,8-9H2,1-3H3. The topological polar surface area (TPSA) is 58.2 Å². The summed E-state index contributed by atoms with van der Waals surface area (Å²) in [5, 5.41) is 3.25. The average Bonchev–Trinajstić information content (AvgIpc) is 2.95. The molecule has 1 unspecified atom stereocenters. The maximum Gasteiger partial charge on any atom is 0.242 e. The summed E-state index contributed by atoms with van der Waals surface area (Å²) in [5.41, 5.74) is 1.07. The predicted molar refractivity (Wildman–Crippen MR) is 73.1 cm³/mol. The van der Waals surface area contributed by atoms with Gasteiger partial charge in [0.2, 0.25) is 10.0 Å². The van der Waals surface area contributed by atoms with E-state index in [1.807, 2.05) is 6.07 Å². The minimum absolute atomic E-state index is 0.311. The van der Waals surface area contributed by atoms with E-state index < -0.39 is 10.0 Å². The van der Waals surface area contributed by atoms with Crippen LogP contribution in [0.25, 0.3) is 0 Å². The van der Waals surface area contributed by atoms with Gasteiger partial charge in [0.15, 0.2) is 0 Å². The van der Waals surface area contributed by atoms with Crippen LogP contribution < -0.4 is 10.0 Å². The van der Waals surface area contributed by atoms with Crippen molar-refractivity contribution in [3.63, 3.8) is 0 Å². The van der Waals surface area contributed by atoms with E-state index in [0.29, 0.717) is 21.9 Å². The Morgan fingerprint density at radius 1 is 1.33 bits per heavy atom. The quantitative estimate of drug-likeness (QED) is 0.859. The molecule has 2 rings (SSSR count). The lowest BCUT2D eigenvalue weighted by molar-refractivity contribution is 0.572. The molecule has 5 heteroatoms. The highest BCUT2D eigenvalue weighted by Gasteiger charge is 2.45. The fourth-order valence-corrected chi connectivity index (χ4v) is 3.02. The van der Waals surface area contributed by atoms with Crippen molar-refractivity contribution in [1.82, 2.24) is 4.72 Å². The van der Waals surface area contributed by atoms with Crippen LogP contribution in [0.4, 0.5) is 5.69 Å². The third-order valence-corrected chi connectivity index (χ3v) is 5.17. The third-order valence-electron chi connectivity index (χ3n) is 3.70. The first-order valence-electron chi connectivity index (χ1n) is 6.13. The maximum atomic E-state index is 11.9. The van der Waals surface area contributed by atoms with E-state index >= 15 is 0 Å². The Balaban J connectivity index is 2.14. The number of anilines is 1. The molecule has 1 aliphatic carbocycles. The summed E-state index contributed by atoms with van der Waals surface area (Å²) in [5.74, 6) is 0.628. The Labute approximate surface area is 109 Å². The van der Waals surface area contributed by atoms with Gasteiger partial charge in [0, 0.05) is 6.54 Å². The first kappa shape index (κ1) is 13.4. The first-order chi connectivity index (χ1) is 8.37. The van der Waals surface area contributed by atoms with Crippen LogP contribution in [0.1, 0.15) is 20.3 Å². The molecule has 4 nitrogen and oxygen atoms in total. The van der Waals surface area contributed by atoms with Crippen molar-refractivity contribution in [2.24, 2.45) is 11.3 Å². The van der Waals surface area contributed by atoms with Gasteiger partial charge in [0.1, 0.15) is 4.90 Å². The molecule has 18 heavy (non-hydrogen) atoms. The summed E-state index contributed by atoms with van der Waals surface area (Å²) in [4.78, 5) is 0.311. The number of sulfonamides is 1. The molecule has 0 amide bonds. The van der Waals surface area contributed by atoms with Crippen molar-refractivity contribution in [2.75, 3.05) is 18.9 Å². The highest BCUT2D eigenvalue weighted by atomic mass is 32.2. The van der Waals surface area contributed by atoms with Crippen LogP contribution in [0.3, 0.4) is 0 Å². The highest BCUT2D eigenvalue weighted by Crippen LogP contribution is 2.51. The van der Waals surface area contributed by atoms with Crippen LogP contribution in [0.15, 0.2) is 29.2 Å². The minimum Gasteiger partial charge on any atom is -0.384 e. The number of nitrogens with one attached hydrogen (secondary N) is 2. The molecule has 2 N–H and O–H groups in total. The van der Waals surface area contributed by atoms with E-state index in [-0.39, 0.29) is 0 Å². The van der Waals surface area contributed by atoms with Crippen molar-refractivity contribution in [2.45, 2.75) is 25.2 Å². The van der Waals surface area contributed by atoms with Crippen LogP contribution in [-0.2, 0) is 10.0 Å². The van der Waals surface area contributed by atoms with Crippen LogP contribution in [-0.4, -0.2) is 22.0 Å². The molecule has 0 bridgehead atoms. The number of benzene rings is 1. The largest absolute Gasteiger partial charge is 0.384 e. The lowest BCUT2D eigenvalue weighted by atomic mass is 10.1. The second kappa shape index (κ2) is 4.55. The summed E-state index contributed by atoms with van der Waals surface area (Å²) in [6.45, 7) is 5.29. The monoisotopic (exact) mass is 268 g/mol. The molecule has 0 heterocycles. The van der Waals surface area contributed by atoms with Crippen molar-refractivity contribution in [1.29, 1.82) is 0 Å². The molecule has 0 aliphatic heterocycles. The number of rotatable bonds is 5. The molecular weight excluding hydrogens is 248 g/mol. The lowest BCUT2D eigenvalue weighted by Crippen LogP contribution is -2.20. The van der Waals surface area contributed by atoms with Gasteiger partial charge in [-0.15, -0.1) is 0 Å². The normalized spacial score (nSPS) is 21.6. The zero-order valence-corrected chi connectivity index (χ0v) is 11.8. The van der Waals surface area contributed by atoms with E-state index in [2.05, 4.69) is 23.9 Å². The van der Waals surface area contributed by atoms with E-state index in [4.69, 9.17) is 0 Å². The second-order valence-electron chi connectivity index (χ2n) is 5.47. The average molecular weight is 268 g/mol. The molecule has 1 fully saturated rings. The molecule has 0 radical (unpaired) electrons. The van der Waals surface area contributed by atoms with Crippen molar-refractivity contribution >= 4 is 15.7 Å². The predicted octanol–water partition coefficient (Wildman–Crippen LogP) is 2.05. The Kier molecular flexibility index (Phi) is 3.38. The van der Waals surface area contributed by atoms with Gasteiger partial charge in [-0.05, 0) is 36.9 Å². The van der Waals surface area contributed by atoms with Crippen molar-refractivity contribution < 1.29 is 8.42 Å². The van der Waals surface area contributed by atoms with Crippen molar-refractivity contribution in [3.8, 4) is 0 Å². The van der Waals surface area contributed by atoms with E-state index in [0.717, 1.165) is 6.54 Å². The minimum atomic E-state index is -3.40. The summed E-state index contributed by atoms with van der Waals surface area (Å²) in [6.07, 6.45) is 1.20. The van der Waals surface area contributed by atoms with Gasteiger partial charge in [-0.25, -0.2) is 13.1 Å². The molecule has 1 atom stereocenters. The fraction of sp³-hybridized carbons (Fsp3) is 0.538. The number of para-hydroxylation sites is 1. The molecular formula is C13H20N2O2S. The van der Waals surface area contributed by atoms with Crippen LogP contribution >= 0.6 is 0 Å². The molecule has 0 spiro atoms. The van der Waals surface area contributed by atoms with Gasteiger partial charge in [0.05, 0.1) is 5.69 Å². The summed E-state index contributed by atoms with van der Waals surface area (Å²) in [6, 6.07) is 7.00. The second-order valence-corrected chi connectivity index (χ2v) is 7.33. The zero-order valence-electron chi connectivity index (χ0n) is 11.0. The van der Waals surface area contributed by atoms with Crippen LogP contribution in [0.2, 0.25) is 0 Å². The van der Waals surface area contributed by atoms with Gasteiger partial charge in [-0.2, -0.15) is 0 Å². The highest BCUT2D eigenvalue weighted by molar-refractivity contribution is 7.89. The Morgan fingerprint density at radius 2 is 1.94 bits per heavy atom. The molecule has 100 valence electrons. The first-order valence-corrected chi connectivity index (χ1v) is 7.61. The van der Waals surface area contributed by atoms with Crippen molar-refractivity contribution in [3.05, 3.63) is 24.3 Å². The van der Waals surface area contributed by atoms with Gasteiger partial charge >= 0.3 is 0 Å². The van der Waals surface area contributed by atoms with Crippen LogP contribution in [0, 0.1) is 11.3 Å². The van der Waals surface area contributed by atoms with E-state index in [1.54, 1.807) is 18.2 Å². The van der Waals surface area contributed by atoms with Gasteiger partial charge in [0.25, 0.3) is 0 Å². The molecule has 0 saturated heterocycles. The molecule has 1 aromatic carbocycles. The maximum absolute atomic E-state index is 11.9. The van der Waals surface area contributed by atoms with E-state index in [1.165, 1.54) is 13.5 Å². The molecule has 1 aliphatic rings. The molecule has 1 aromatic rings. The Morgan fingerprint density at radius 3 is 2.50 bits per heavy atom. The SMILES string of the molecule is CNS(=O)(=O)c1ccccc1NCC1CC1(C)C. The van der Waals surface area contributed by atoms with E-state index in [9.17, 15) is 8.42 Å². The smallest absolute Gasteiger partial charge is 0.242 e. The fourth-order valence-electron chi connectivity index (χ4n) is 2.11. The Hall–Kier alpha value is -1.07. The van der Waals surface area contributed by atoms with Crippen LogP contribution in [0.5, 0.6) is 0 Å². The molecule has 0 aromatic heterocycles. The Bertz CT molecular complexity index is 538. The van der Waals surface area contributed by atoms with Gasteiger partial charge < -0.3 is 5.32 Å². The summed E-state index contributed by atoms with van der Waals surface area (Å²) in [7, 11) is -1.97. The van der Waals surface area contributed by atoms with Gasteiger partial charge in [-0.1, -0.05) is 26.0 Å². The number of hydrogen-bond donors (Lipinski definition) is 2. The summed E-state index contributed by atoms with van der Waals surface area (Å²) < 4.78 is 26.1. The lowest BCUT2D eigenvalue weighted by Gasteiger charge is -2.12. The third kappa shape index (κ3) is 2.67. The number of hydrogen-bond acceptors (Lipinski definition) is 3. The van der Waals surface area contributed by atoms with Gasteiger partial charge in [-0.3, -0.25) is 0 Å². The summed E-state index contributed by atoms with van der Waals surface area (Å²) >= 11 is 0. The molecule has 1 saturated carbocycles. The zero-order chi connectivity index (χ0) is 13.4.